The number of anilines is 1. The van der Waals surface area contributed by atoms with E-state index in [1.165, 1.54) is 6.33 Å². The number of esters is 1. The highest BCUT2D eigenvalue weighted by atomic mass is 16.8. The summed E-state index contributed by atoms with van der Waals surface area (Å²) in [6, 6.07) is 45.0. The highest BCUT2D eigenvalue weighted by Crippen LogP contribution is 2.46. The third kappa shape index (κ3) is 7.93. The Morgan fingerprint density at radius 1 is 0.761 bits per heavy atom. The lowest BCUT2D eigenvalue weighted by molar-refractivity contribution is -0.203. The fraction of sp³-hybridized carbons (Fsp3) is 0.288. The lowest BCUT2D eigenvalue weighted by Crippen LogP contribution is -2.45. The number of amides is 1. The van der Waals surface area contributed by atoms with Crippen LogP contribution in [0.1, 0.15) is 72.6 Å². The fourth-order valence-electron chi connectivity index (χ4n) is 9.69. The molecule has 5 aromatic carbocycles. The summed E-state index contributed by atoms with van der Waals surface area (Å²) < 4.78 is 39.2. The van der Waals surface area contributed by atoms with Crippen molar-refractivity contribution in [3.05, 3.63) is 190 Å². The number of benzene rings is 5. The van der Waals surface area contributed by atoms with Crippen LogP contribution in [0.25, 0.3) is 11.2 Å². The number of H-pyrrole nitrogens is 1. The van der Waals surface area contributed by atoms with Crippen molar-refractivity contribution in [2.24, 2.45) is 0 Å². The molecule has 0 saturated carbocycles. The molecule has 5 heterocycles. The first-order valence-corrected chi connectivity index (χ1v) is 22.2. The second kappa shape index (κ2) is 17.2. The second-order valence-corrected chi connectivity index (χ2v) is 17.7. The average Bonchev–Trinajstić information content (AvgIpc) is 4.09. The Labute approximate surface area is 386 Å². The van der Waals surface area contributed by atoms with Crippen LogP contribution in [0.3, 0.4) is 0 Å². The molecule has 15 heteroatoms. The number of carbonyl (C=O) groups is 2. The number of carbonyl (C=O) groups excluding carboxylic acids is 2. The first-order valence-electron chi connectivity index (χ1n) is 22.2. The Kier molecular flexibility index (Phi) is 11.2. The van der Waals surface area contributed by atoms with Crippen molar-refractivity contribution in [3.63, 3.8) is 0 Å². The lowest BCUT2D eigenvalue weighted by Gasteiger charge is -2.37. The molecule has 3 aliphatic heterocycles. The van der Waals surface area contributed by atoms with Crippen molar-refractivity contribution in [1.29, 1.82) is 0 Å². The van der Waals surface area contributed by atoms with E-state index >= 15 is 0 Å². The van der Waals surface area contributed by atoms with E-state index < -0.39 is 65.3 Å². The molecule has 0 spiro atoms. The Balaban J connectivity index is 0.967. The first-order chi connectivity index (χ1) is 32.4. The first kappa shape index (κ1) is 43.7. The fourth-order valence-corrected chi connectivity index (χ4v) is 9.69. The zero-order chi connectivity index (χ0) is 46.5. The molecule has 7 aromatic rings. The highest BCUT2D eigenvalue weighted by molar-refractivity contribution is 5.96. The number of fused-ring (bicyclic) bond motifs is 2. The van der Waals surface area contributed by atoms with Crippen LogP contribution in [0.2, 0.25) is 0 Å². The van der Waals surface area contributed by atoms with Crippen LogP contribution >= 0.6 is 0 Å². The van der Waals surface area contributed by atoms with Crippen LogP contribution in [0.5, 0.6) is 5.75 Å². The van der Waals surface area contributed by atoms with Crippen LogP contribution in [0.15, 0.2) is 157 Å². The standard InChI is InChI=1S/C52H50N6O9/c1-50(2)58(46(60)33-20-12-7-13-21-33)40(32-18-10-6-11-19-32)42(65-50)48(61)63-30-38-41-43(67-51(3,4)66-41)47(64-38)57-31-53-39-44(57)54-49(55-45(39)59)56-52(34-22-14-8-15-23-34,35-24-16-9-17-25-35)36-26-28-37(62-5)29-27-36/h6-29,31,38,40-43,47H,30H2,1-5H3,(H2,54,55,56,59)/t38-,40+,41-,42-,43-,47-/m1/s1. The smallest absolute Gasteiger partial charge is 0.338 e. The molecule has 1 amide bonds. The summed E-state index contributed by atoms with van der Waals surface area (Å²) >= 11 is 0. The predicted octanol–water partition coefficient (Wildman–Crippen LogP) is 7.51. The normalized spacial score (nSPS) is 22.9. The number of rotatable bonds is 12. The van der Waals surface area contributed by atoms with Gasteiger partial charge < -0.3 is 38.6 Å². The molecule has 2 aromatic heterocycles. The minimum atomic E-state index is -1.18. The van der Waals surface area contributed by atoms with Crippen molar-refractivity contribution in [3.8, 4) is 5.75 Å². The van der Waals surface area contributed by atoms with Crippen LogP contribution in [0.4, 0.5) is 5.95 Å². The van der Waals surface area contributed by atoms with Crippen molar-refractivity contribution in [1.82, 2.24) is 24.4 Å². The molecule has 0 unspecified atom stereocenters. The molecule has 3 fully saturated rings. The topological polar surface area (TPSA) is 168 Å². The van der Waals surface area contributed by atoms with Gasteiger partial charge in [0.2, 0.25) is 5.95 Å². The van der Waals surface area contributed by atoms with Gasteiger partial charge >= 0.3 is 5.97 Å². The van der Waals surface area contributed by atoms with Gasteiger partial charge in [0, 0.05) is 5.56 Å². The summed E-state index contributed by atoms with van der Waals surface area (Å²) in [4.78, 5) is 56.5. The number of nitrogens with one attached hydrogen (secondary N) is 2. The molecule has 6 atom stereocenters. The molecule has 15 nitrogen and oxygen atoms in total. The molecule has 342 valence electrons. The highest BCUT2D eigenvalue weighted by Gasteiger charge is 2.58. The number of nitrogens with zero attached hydrogens (tertiary/aromatic N) is 4. The van der Waals surface area contributed by atoms with Crippen LogP contribution in [-0.2, 0) is 34.0 Å². The van der Waals surface area contributed by atoms with Gasteiger partial charge in [-0.05, 0) is 74.2 Å². The molecule has 10 rings (SSSR count). The van der Waals surface area contributed by atoms with Gasteiger partial charge in [-0.1, -0.05) is 121 Å². The Morgan fingerprint density at radius 3 is 1.97 bits per heavy atom. The summed E-state index contributed by atoms with van der Waals surface area (Å²) in [5.41, 5.74) is 1.40. The number of aromatic nitrogens is 4. The zero-order valence-corrected chi connectivity index (χ0v) is 37.6. The molecule has 3 aliphatic rings. The number of ether oxygens (including phenoxy) is 6. The molecular weight excluding hydrogens is 853 g/mol. The van der Waals surface area contributed by atoms with Crippen molar-refractivity contribution < 1.29 is 38.0 Å². The number of hydrogen-bond donors (Lipinski definition) is 2. The summed E-state index contributed by atoms with van der Waals surface area (Å²) in [5, 5.41) is 3.65. The van der Waals surface area contributed by atoms with Gasteiger partial charge in [-0.3, -0.25) is 19.1 Å². The van der Waals surface area contributed by atoms with Gasteiger partial charge in [-0.2, -0.15) is 4.98 Å². The SMILES string of the molecule is COc1ccc(C(Nc2nc3c(ncn3[C@@H]3O[C@H](COC(=O)[C@@H]4OC(C)(C)N(C(=O)c5ccccc5)[C@H]4c4ccccc4)[C@H]4OC(C)(C)O[C@H]43)c(=O)[nH]2)(c2ccccc2)c2ccccc2)cc1. The van der Waals surface area contributed by atoms with E-state index in [4.69, 9.17) is 33.4 Å². The predicted molar refractivity (Wildman–Crippen MR) is 247 cm³/mol. The van der Waals surface area contributed by atoms with Crippen LogP contribution in [-0.4, -0.2) is 85.9 Å². The van der Waals surface area contributed by atoms with Crippen LogP contribution < -0.4 is 15.6 Å². The maximum absolute atomic E-state index is 14.3. The maximum atomic E-state index is 14.3. The minimum absolute atomic E-state index is 0.0794. The third-order valence-electron chi connectivity index (χ3n) is 12.6. The van der Waals surface area contributed by atoms with E-state index in [-0.39, 0.29) is 29.6 Å². The number of imidazole rings is 1. The summed E-state index contributed by atoms with van der Waals surface area (Å²) in [5.74, 6) is -1.15. The molecule has 2 N–H and O–H groups in total. The largest absolute Gasteiger partial charge is 0.497 e. The van der Waals surface area contributed by atoms with Crippen LogP contribution in [0, 0.1) is 0 Å². The Bertz CT molecular complexity index is 2910. The monoisotopic (exact) mass is 902 g/mol. The Hall–Kier alpha value is -7.17. The maximum Gasteiger partial charge on any atom is 0.338 e. The van der Waals surface area contributed by atoms with Crippen molar-refractivity contribution >= 4 is 29.0 Å². The molecule has 0 aliphatic carbocycles. The molecule has 3 saturated heterocycles. The second-order valence-electron chi connectivity index (χ2n) is 17.7. The van der Waals surface area contributed by atoms with E-state index in [1.807, 2.05) is 121 Å². The summed E-state index contributed by atoms with van der Waals surface area (Å²) in [6.45, 7) is 6.87. The minimum Gasteiger partial charge on any atom is -0.497 e. The zero-order valence-electron chi connectivity index (χ0n) is 37.6. The number of methoxy groups -OCH3 is 1. The van der Waals surface area contributed by atoms with Gasteiger partial charge in [-0.25, -0.2) is 9.78 Å². The van der Waals surface area contributed by atoms with Gasteiger partial charge in [0.15, 0.2) is 29.3 Å². The quantitative estimate of drug-likeness (QED) is 0.0916. The van der Waals surface area contributed by atoms with E-state index in [2.05, 4.69) is 15.3 Å². The molecular formula is C52H50N6O9. The Morgan fingerprint density at radius 2 is 1.34 bits per heavy atom. The summed E-state index contributed by atoms with van der Waals surface area (Å²) in [7, 11) is 1.62. The van der Waals surface area contributed by atoms with Gasteiger partial charge in [0.25, 0.3) is 11.5 Å². The van der Waals surface area contributed by atoms with Crippen molar-refractivity contribution in [2.45, 2.75) is 81.4 Å². The number of hydrogen-bond acceptors (Lipinski definition) is 12. The molecule has 0 radical (unpaired) electrons. The van der Waals surface area contributed by atoms with E-state index in [1.54, 1.807) is 68.5 Å². The average molecular weight is 903 g/mol. The van der Waals surface area contributed by atoms with Gasteiger partial charge in [0.05, 0.1) is 19.5 Å². The third-order valence-corrected chi connectivity index (χ3v) is 12.6. The number of aromatic amines is 1. The van der Waals surface area contributed by atoms with Crippen molar-refractivity contribution in [2.75, 3.05) is 19.0 Å². The van der Waals surface area contributed by atoms with E-state index in [0.717, 1.165) is 16.7 Å². The van der Waals surface area contributed by atoms with E-state index in [0.29, 0.717) is 16.9 Å². The summed E-state index contributed by atoms with van der Waals surface area (Å²) in [6.07, 6.45) is -2.85. The lowest BCUT2D eigenvalue weighted by atomic mass is 9.77. The molecule has 67 heavy (non-hydrogen) atoms. The van der Waals surface area contributed by atoms with Gasteiger partial charge in [-0.15, -0.1) is 0 Å². The molecule has 0 bridgehead atoms. The van der Waals surface area contributed by atoms with E-state index in [9.17, 15) is 14.4 Å². The van der Waals surface area contributed by atoms with Gasteiger partial charge in [0.1, 0.15) is 41.9 Å².